The van der Waals surface area contributed by atoms with Gasteiger partial charge in [-0.2, -0.15) is 0 Å². The van der Waals surface area contributed by atoms with Crippen LogP contribution in [0.2, 0.25) is 0 Å². The van der Waals surface area contributed by atoms with Gasteiger partial charge in [0, 0.05) is 19.5 Å². The van der Waals surface area contributed by atoms with Crippen LogP contribution in [0, 0.1) is 5.92 Å². The van der Waals surface area contributed by atoms with Gasteiger partial charge in [0.25, 0.3) is 0 Å². The molecule has 0 aliphatic heterocycles. The summed E-state index contributed by atoms with van der Waals surface area (Å²) in [4.78, 5) is 13.8. The largest absolute Gasteiger partial charge is 0.495 e. The maximum Gasteiger partial charge on any atom is 0.230 e. The number of anilines is 1. The average molecular weight is 250 g/mol. The molecule has 4 nitrogen and oxygen atoms in total. The van der Waals surface area contributed by atoms with Crippen molar-refractivity contribution >= 4 is 11.6 Å². The summed E-state index contributed by atoms with van der Waals surface area (Å²) >= 11 is 0. The lowest BCUT2D eigenvalue weighted by Crippen LogP contribution is -2.35. The second kappa shape index (κ2) is 6.40. The maximum absolute atomic E-state index is 12.1. The van der Waals surface area contributed by atoms with E-state index in [1.165, 1.54) is 5.56 Å². The molecule has 1 amide bonds. The summed E-state index contributed by atoms with van der Waals surface area (Å²) < 4.78 is 5.30. The molecule has 18 heavy (non-hydrogen) atoms. The molecule has 100 valence electrons. The molecule has 0 aliphatic rings. The third-order valence-electron chi connectivity index (χ3n) is 3.12. The summed E-state index contributed by atoms with van der Waals surface area (Å²) in [6.07, 6.45) is 0.922. The Morgan fingerprint density at radius 2 is 2.17 bits per heavy atom. The molecular weight excluding hydrogens is 228 g/mol. The summed E-state index contributed by atoms with van der Waals surface area (Å²) in [5.74, 6) is 0.515. The SMILES string of the molecule is CCc1ccc(OC)c(N(C)C(=O)C(C)CN)c1. The van der Waals surface area contributed by atoms with Gasteiger partial charge in [-0.1, -0.05) is 19.9 Å². The number of benzene rings is 1. The molecule has 0 spiro atoms. The molecule has 1 rings (SSSR count). The van der Waals surface area contributed by atoms with E-state index in [1.54, 1.807) is 19.1 Å². The molecule has 0 aliphatic carbocycles. The van der Waals surface area contributed by atoms with Gasteiger partial charge in [0.05, 0.1) is 12.8 Å². The summed E-state index contributed by atoms with van der Waals surface area (Å²) in [7, 11) is 3.36. The van der Waals surface area contributed by atoms with Crippen LogP contribution >= 0.6 is 0 Å². The van der Waals surface area contributed by atoms with Crippen molar-refractivity contribution in [3.8, 4) is 5.75 Å². The Labute approximate surface area is 109 Å². The Morgan fingerprint density at radius 1 is 1.50 bits per heavy atom. The van der Waals surface area contributed by atoms with Crippen molar-refractivity contribution in [1.82, 2.24) is 0 Å². The summed E-state index contributed by atoms with van der Waals surface area (Å²) in [6, 6.07) is 5.89. The van der Waals surface area contributed by atoms with E-state index in [-0.39, 0.29) is 11.8 Å². The first-order valence-corrected chi connectivity index (χ1v) is 6.19. The smallest absolute Gasteiger partial charge is 0.230 e. The number of methoxy groups -OCH3 is 1. The zero-order chi connectivity index (χ0) is 13.7. The van der Waals surface area contributed by atoms with E-state index in [0.29, 0.717) is 12.3 Å². The van der Waals surface area contributed by atoms with Crippen LogP contribution in [-0.4, -0.2) is 26.6 Å². The van der Waals surface area contributed by atoms with Crippen molar-refractivity contribution in [2.45, 2.75) is 20.3 Å². The van der Waals surface area contributed by atoms with E-state index in [4.69, 9.17) is 10.5 Å². The van der Waals surface area contributed by atoms with Gasteiger partial charge in [-0.25, -0.2) is 0 Å². The van der Waals surface area contributed by atoms with E-state index >= 15 is 0 Å². The predicted octanol–water partition coefficient (Wildman–Crippen LogP) is 1.82. The van der Waals surface area contributed by atoms with Crippen LogP contribution in [0.15, 0.2) is 18.2 Å². The van der Waals surface area contributed by atoms with Gasteiger partial charge in [0.2, 0.25) is 5.91 Å². The number of nitrogens with zero attached hydrogens (tertiary/aromatic N) is 1. The molecule has 1 aromatic rings. The number of hydrogen-bond acceptors (Lipinski definition) is 3. The van der Waals surface area contributed by atoms with Crippen molar-refractivity contribution < 1.29 is 9.53 Å². The van der Waals surface area contributed by atoms with Gasteiger partial charge in [-0.3, -0.25) is 4.79 Å². The van der Waals surface area contributed by atoms with E-state index in [2.05, 4.69) is 6.92 Å². The average Bonchev–Trinajstić information content (AvgIpc) is 2.43. The lowest BCUT2D eigenvalue weighted by Gasteiger charge is -2.23. The number of rotatable bonds is 5. The van der Waals surface area contributed by atoms with Crippen molar-refractivity contribution in [2.24, 2.45) is 11.7 Å². The minimum Gasteiger partial charge on any atom is -0.495 e. The van der Waals surface area contributed by atoms with Crippen molar-refractivity contribution in [2.75, 3.05) is 25.6 Å². The number of hydrogen-bond donors (Lipinski definition) is 1. The van der Waals surface area contributed by atoms with Gasteiger partial charge in [-0.05, 0) is 24.1 Å². The molecular formula is C14H22N2O2. The highest BCUT2D eigenvalue weighted by Crippen LogP contribution is 2.29. The molecule has 0 saturated heterocycles. The molecule has 1 unspecified atom stereocenters. The van der Waals surface area contributed by atoms with Crippen LogP contribution in [0.5, 0.6) is 5.75 Å². The second-order valence-electron chi connectivity index (χ2n) is 4.39. The van der Waals surface area contributed by atoms with Crippen LogP contribution in [0.25, 0.3) is 0 Å². The first-order chi connectivity index (χ1) is 8.54. The molecule has 0 radical (unpaired) electrons. The molecule has 4 heteroatoms. The standard InChI is InChI=1S/C14H22N2O2/c1-5-11-6-7-13(18-4)12(8-11)16(3)14(17)10(2)9-15/h6-8,10H,5,9,15H2,1-4H3. The molecule has 0 heterocycles. The first kappa shape index (κ1) is 14.5. The minimum atomic E-state index is -0.190. The van der Waals surface area contributed by atoms with Crippen molar-refractivity contribution in [3.05, 3.63) is 23.8 Å². The molecule has 1 aromatic carbocycles. The fourth-order valence-corrected chi connectivity index (χ4v) is 1.77. The normalized spacial score (nSPS) is 12.1. The molecule has 0 bridgehead atoms. The number of carbonyl (C=O) groups is 1. The van der Waals surface area contributed by atoms with E-state index in [1.807, 2.05) is 25.1 Å². The zero-order valence-electron chi connectivity index (χ0n) is 11.6. The van der Waals surface area contributed by atoms with E-state index < -0.39 is 0 Å². The van der Waals surface area contributed by atoms with E-state index in [0.717, 1.165) is 12.1 Å². The number of ether oxygens (including phenoxy) is 1. The summed E-state index contributed by atoms with van der Waals surface area (Å²) in [6.45, 7) is 4.25. The molecule has 0 aromatic heterocycles. The summed E-state index contributed by atoms with van der Waals surface area (Å²) in [5.41, 5.74) is 7.50. The minimum absolute atomic E-state index is 0.00375. The molecule has 0 fully saturated rings. The Morgan fingerprint density at radius 3 is 2.67 bits per heavy atom. The Balaban J connectivity index is 3.09. The van der Waals surface area contributed by atoms with Crippen LogP contribution < -0.4 is 15.4 Å². The third kappa shape index (κ3) is 3.01. The van der Waals surface area contributed by atoms with Crippen molar-refractivity contribution in [3.63, 3.8) is 0 Å². The fraction of sp³-hybridized carbons (Fsp3) is 0.500. The van der Waals surface area contributed by atoms with Crippen LogP contribution in [0.4, 0.5) is 5.69 Å². The maximum atomic E-state index is 12.1. The molecule has 2 N–H and O–H groups in total. The van der Waals surface area contributed by atoms with Crippen LogP contribution in [0.1, 0.15) is 19.4 Å². The topological polar surface area (TPSA) is 55.6 Å². The zero-order valence-corrected chi connectivity index (χ0v) is 11.6. The second-order valence-corrected chi connectivity index (χ2v) is 4.39. The van der Waals surface area contributed by atoms with E-state index in [9.17, 15) is 4.79 Å². The van der Waals surface area contributed by atoms with Gasteiger partial charge >= 0.3 is 0 Å². The lowest BCUT2D eigenvalue weighted by atomic mass is 10.1. The Bertz CT molecular complexity index is 418. The van der Waals surface area contributed by atoms with Crippen molar-refractivity contribution in [1.29, 1.82) is 0 Å². The quantitative estimate of drug-likeness (QED) is 0.867. The number of aryl methyl sites for hydroxylation is 1. The van der Waals surface area contributed by atoms with Crippen LogP contribution in [0.3, 0.4) is 0 Å². The number of amides is 1. The summed E-state index contributed by atoms with van der Waals surface area (Å²) in [5, 5.41) is 0. The van der Waals surface area contributed by atoms with Gasteiger partial charge in [0.15, 0.2) is 0 Å². The number of carbonyl (C=O) groups excluding carboxylic acids is 1. The van der Waals surface area contributed by atoms with Gasteiger partial charge in [0.1, 0.15) is 5.75 Å². The van der Waals surface area contributed by atoms with Gasteiger partial charge < -0.3 is 15.4 Å². The Hall–Kier alpha value is -1.55. The van der Waals surface area contributed by atoms with Gasteiger partial charge in [-0.15, -0.1) is 0 Å². The monoisotopic (exact) mass is 250 g/mol. The predicted molar refractivity (Wildman–Crippen MR) is 74.0 cm³/mol. The Kier molecular flexibility index (Phi) is 5.16. The highest BCUT2D eigenvalue weighted by atomic mass is 16.5. The first-order valence-electron chi connectivity index (χ1n) is 6.19. The molecule has 1 atom stereocenters. The third-order valence-corrected chi connectivity index (χ3v) is 3.12. The molecule has 0 saturated carbocycles. The fourth-order valence-electron chi connectivity index (χ4n) is 1.77. The lowest BCUT2D eigenvalue weighted by molar-refractivity contribution is -0.121. The highest BCUT2D eigenvalue weighted by molar-refractivity contribution is 5.96. The van der Waals surface area contributed by atoms with Crippen LogP contribution in [-0.2, 0) is 11.2 Å². The number of nitrogens with two attached hydrogens (primary N) is 1. The highest BCUT2D eigenvalue weighted by Gasteiger charge is 2.20.